The smallest absolute Gasteiger partial charge is 0.411 e. The van der Waals surface area contributed by atoms with Crippen LogP contribution < -0.4 is 10.2 Å². The number of carbonyl (C=O) groups excluding carboxylic acids is 3. The number of carbonyl (C=O) groups is 3. The summed E-state index contributed by atoms with van der Waals surface area (Å²) in [7, 11) is 0. The van der Waals surface area contributed by atoms with Crippen molar-refractivity contribution in [3.63, 3.8) is 0 Å². The lowest BCUT2D eigenvalue weighted by atomic mass is 10.1. The van der Waals surface area contributed by atoms with E-state index in [-0.39, 0.29) is 31.1 Å². The Kier molecular flexibility index (Phi) is 6.18. The molecule has 0 radical (unpaired) electrons. The fourth-order valence-electron chi connectivity index (χ4n) is 4.00. The Hall–Kier alpha value is -3.39. The SMILES string of the molecule is CC(=O)NCN1CC(C2Cc3ccccc3N2C(=O)COCc2ccccc2)OC1=O. The summed E-state index contributed by atoms with van der Waals surface area (Å²) in [5, 5.41) is 2.61. The van der Waals surface area contributed by atoms with Crippen LogP contribution in [0.4, 0.5) is 10.5 Å². The zero-order valence-electron chi connectivity index (χ0n) is 17.3. The zero-order valence-corrected chi connectivity index (χ0v) is 17.3. The van der Waals surface area contributed by atoms with Crippen LogP contribution >= 0.6 is 0 Å². The quantitative estimate of drug-likeness (QED) is 0.737. The first kappa shape index (κ1) is 20.9. The van der Waals surface area contributed by atoms with E-state index in [0.717, 1.165) is 16.8 Å². The molecule has 8 nitrogen and oxygen atoms in total. The van der Waals surface area contributed by atoms with E-state index >= 15 is 0 Å². The third-order valence-corrected chi connectivity index (χ3v) is 5.48. The molecule has 2 aromatic carbocycles. The molecule has 2 aliphatic heterocycles. The molecule has 2 aromatic rings. The number of para-hydroxylation sites is 1. The van der Waals surface area contributed by atoms with Crippen LogP contribution in [-0.4, -0.2) is 54.8 Å². The van der Waals surface area contributed by atoms with Gasteiger partial charge in [0.2, 0.25) is 5.91 Å². The first-order chi connectivity index (χ1) is 15.0. The molecule has 1 N–H and O–H groups in total. The monoisotopic (exact) mass is 423 g/mol. The molecular weight excluding hydrogens is 398 g/mol. The molecule has 4 rings (SSSR count). The van der Waals surface area contributed by atoms with Crippen LogP contribution in [0.5, 0.6) is 0 Å². The lowest BCUT2D eigenvalue weighted by Gasteiger charge is -2.28. The van der Waals surface area contributed by atoms with Crippen LogP contribution in [-0.2, 0) is 32.1 Å². The molecule has 0 saturated carbocycles. The van der Waals surface area contributed by atoms with E-state index in [1.807, 2.05) is 54.6 Å². The van der Waals surface area contributed by atoms with E-state index < -0.39 is 12.2 Å². The fourth-order valence-corrected chi connectivity index (χ4v) is 4.00. The van der Waals surface area contributed by atoms with E-state index in [0.29, 0.717) is 19.6 Å². The molecule has 0 bridgehead atoms. The number of anilines is 1. The van der Waals surface area contributed by atoms with Crippen molar-refractivity contribution in [2.75, 3.05) is 24.7 Å². The topological polar surface area (TPSA) is 88.2 Å². The van der Waals surface area contributed by atoms with Crippen molar-refractivity contribution in [3.8, 4) is 0 Å². The van der Waals surface area contributed by atoms with Gasteiger partial charge in [-0.15, -0.1) is 0 Å². The number of nitrogens with zero attached hydrogens (tertiary/aromatic N) is 2. The molecule has 0 aromatic heterocycles. The number of cyclic esters (lactones) is 1. The van der Waals surface area contributed by atoms with Crippen LogP contribution in [0.2, 0.25) is 0 Å². The number of hydrogen-bond acceptors (Lipinski definition) is 5. The Morgan fingerprint density at radius 2 is 1.87 bits per heavy atom. The van der Waals surface area contributed by atoms with Crippen molar-refractivity contribution in [2.24, 2.45) is 0 Å². The van der Waals surface area contributed by atoms with E-state index in [1.54, 1.807) is 4.90 Å². The minimum atomic E-state index is -0.498. The van der Waals surface area contributed by atoms with E-state index in [4.69, 9.17) is 9.47 Å². The molecule has 0 spiro atoms. The van der Waals surface area contributed by atoms with Gasteiger partial charge in [-0.3, -0.25) is 14.5 Å². The number of fused-ring (bicyclic) bond motifs is 1. The largest absolute Gasteiger partial charge is 0.442 e. The molecule has 2 unspecified atom stereocenters. The van der Waals surface area contributed by atoms with E-state index in [2.05, 4.69) is 5.32 Å². The van der Waals surface area contributed by atoms with Gasteiger partial charge >= 0.3 is 6.09 Å². The normalized spacial score (nSPS) is 19.8. The highest BCUT2D eigenvalue weighted by molar-refractivity contribution is 5.97. The summed E-state index contributed by atoms with van der Waals surface area (Å²) in [4.78, 5) is 39.7. The standard InChI is InChI=1S/C23H25N3O5/c1-16(27)24-15-25-12-21(31-23(25)29)20-11-18-9-5-6-10-19(18)26(20)22(28)14-30-13-17-7-3-2-4-8-17/h2-10,20-21H,11-15H2,1H3,(H,24,27). The molecule has 2 heterocycles. The molecular formula is C23H25N3O5. The average molecular weight is 423 g/mol. The van der Waals surface area contributed by atoms with Gasteiger partial charge in [-0.05, 0) is 23.6 Å². The molecule has 2 atom stereocenters. The van der Waals surface area contributed by atoms with Crippen LogP contribution in [0.3, 0.4) is 0 Å². The second-order valence-electron chi connectivity index (χ2n) is 7.68. The Bertz CT molecular complexity index is 965. The summed E-state index contributed by atoms with van der Waals surface area (Å²) in [6.45, 7) is 2.04. The predicted octanol–water partition coefficient (Wildman–Crippen LogP) is 2.08. The molecule has 1 fully saturated rings. The molecule has 8 heteroatoms. The van der Waals surface area contributed by atoms with Crippen LogP contribution in [0.25, 0.3) is 0 Å². The van der Waals surface area contributed by atoms with Crippen molar-refractivity contribution >= 4 is 23.6 Å². The van der Waals surface area contributed by atoms with Gasteiger partial charge in [0.15, 0.2) is 0 Å². The highest BCUT2D eigenvalue weighted by Gasteiger charge is 2.44. The lowest BCUT2D eigenvalue weighted by molar-refractivity contribution is -0.124. The van der Waals surface area contributed by atoms with Crippen molar-refractivity contribution in [1.29, 1.82) is 0 Å². The van der Waals surface area contributed by atoms with Gasteiger partial charge in [0, 0.05) is 12.6 Å². The molecule has 2 aliphatic rings. The first-order valence-corrected chi connectivity index (χ1v) is 10.2. The predicted molar refractivity (Wildman–Crippen MR) is 113 cm³/mol. The summed E-state index contributed by atoms with van der Waals surface area (Å²) < 4.78 is 11.2. The van der Waals surface area contributed by atoms with Gasteiger partial charge in [-0.2, -0.15) is 0 Å². The van der Waals surface area contributed by atoms with Crippen molar-refractivity contribution in [3.05, 3.63) is 65.7 Å². The molecule has 0 aliphatic carbocycles. The Labute approximate surface area is 180 Å². The van der Waals surface area contributed by atoms with Crippen molar-refractivity contribution < 1.29 is 23.9 Å². The minimum absolute atomic E-state index is 0.0734. The van der Waals surface area contributed by atoms with Crippen molar-refractivity contribution in [1.82, 2.24) is 10.2 Å². The zero-order chi connectivity index (χ0) is 21.8. The third-order valence-electron chi connectivity index (χ3n) is 5.48. The minimum Gasteiger partial charge on any atom is -0.442 e. The summed E-state index contributed by atoms with van der Waals surface area (Å²) in [6.07, 6.45) is -0.402. The second-order valence-corrected chi connectivity index (χ2v) is 7.68. The van der Waals surface area contributed by atoms with Gasteiger partial charge in [0.05, 0.1) is 25.9 Å². The van der Waals surface area contributed by atoms with Gasteiger partial charge in [0.1, 0.15) is 12.7 Å². The number of rotatable bonds is 7. The molecule has 31 heavy (non-hydrogen) atoms. The van der Waals surface area contributed by atoms with Gasteiger partial charge in [0.25, 0.3) is 5.91 Å². The van der Waals surface area contributed by atoms with Crippen LogP contribution in [0.15, 0.2) is 54.6 Å². The summed E-state index contributed by atoms with van der Waals surface area (Å²) >= 11 is 0. The Morgan fingerprint density at radius 3 is 2.65 bits per heavy atom. The van der Waals surface area contributed by atoms with Gasteiger partial charge in [-0.1, -0.05) is 48.5 Å². The first-order valence-electron chi connectivity index (χ1n) is 10.2. The van der Waals surface area contributed by atoms with E-state index in [9.17, 15) is 14.4 Å². The number of nitrogens with one attached hydrogen (secondary N) is 1. The van der Waals surface area contributed by atoms with Gasteiger partial charge in [-0.25, -0.2) is 4.79 Å². The maximum atomic E-state index is 13.1. The molecule has 162 valence electrons. The number of amides is 3. The second kappa shape index (κ2) is 9.18. The lowest BCUT2D eigenvalue weighted by Crippen LogP contribution is -2.48. The number of benzene rings is 2. The summed E-state index contributed by atoms with van der Waals surface area (Å²) in [5.41, 5.74) is 2.84. The van der Waals surface area contributed by atoms with Crippen molar-refractivity contribution in [2.45, 2.75) is 32.1 Å². The highest BCUT2D eigenvalue weighted by atomic mass is 16.6. The molecule has 1 saturated heterocycles. The average Bonchev–Trinajstić information content (AvgIpc) is 3.33. The van der Waals surface area contributed by atoms with Gasteiger partial charge < -0.3 is 19.7 Å². The number of ether oxygens (including phenoxy) is 2. The summed E-state index contributed by atoms with van der Waals surface area (Å²) in [6, 6.07) is 17.0. The number of hydrogen-bond donors (Lipinski definition) is 1. The van der Waals surface area contributed by atoms with Crippen LogP contribution in [0, 0.1) is 0 Å². The maximum Gasteiger partial charge on any atom is 0.411 e. The Morgan fingerprint density at radius 1 is 1.13 bits per heavy atom. The molecule has 3 amide bonds. The fraction of sp³-hybridized carbons (Fsp3) is 0.348. The highest BCUT2D eigenvalue weighted by Crippen LogP contribution is 2.35. The maximum absolute atomic E-state index is 13.1. The summed E-state index contributed by atoms with van der Waals surface area (Å²) in [5.74, 6) is -0.404. The van der Waals surface area contributed by atoms with Crippen LogP contribution in [0.1, 0.15) is 18.1 Å². The van der Waals surface area contributed by atoms with E-state index in [1.165, 1.54) is 11.8 Å². The third kappa shape index (κ3) is 4.69. The Balaban J connectivity index is 1.45.